The minimum Gasteiger partial charge on any atom is -0.478 e. The molecule has 1 aromatic carbocycles. The lowest BCUT2D eigenvalue weighted by Gasteiger charge is -1.92. The van der Waals surface area contributed by atoms with E-state index in [1.165, 1.54) is 30.3 Å². The maximum atomic E-state index is 10.3. The first-order valence-corrected chi connectivity index (χ1v) is 4.77. The van der Waals surface area contributed by atoms with E-state index in [4.69, 9.17) is 10.2 Å². The molecule has 17 heavy (non-hydrogen) atoms. The molecule has 0 saturated carbocycles. The minimum absolute atomic E-state index is 0.0162. The molecular weight excluding hydrogens is 226 g/mol. The van der Waals surface area contributed by atoms with E-state index in [1.54, 1.807) is 6.92 Å². The number of benzene rings is 1. The number of rotatable bonds is 3. The molecule has 0 amide bonds. The summed E-state index contributed by atoms with van der Waals surface area (Å²) < 4.78 is 0. The summed E-state index contributed by atoms with van der Waals surface area (Å²) in [6, 6.07) is 5.61. The Hall–Kier alpha value is -2.21. The number of nitrogens with zero attached hydrogens (tertiary/aromatic N) is 1. The molecule has 0 bridgehead atoms. The summed E-state index contributed by atoms with van der Waals surface area (Å²) in [6.45, 7) is 1.93. The Morgan fingerprint density at radius 3 is 2.24 bits per heavy atom. The van der Waals surface area contributed by atoms with E-state index in [9.17, 15) is 14.9 Å². The number of carboxylic acids is 1. The molecule has 0 fully saturated rings. The zero-order valence-corrected chi connectivity index (χ0v) is 9.24. The third-order valence-electron chi connectivity index (χ3n) is 1.52. The molecule has 0 aliphatic heterocycles. The fraction of sp³-hybridized carbons (Fsp3) is 0.182. The molecule has 6 nitrogen and oxygen atoms in total. The van der Waals surface area contributed by atoms with Crippen molar-refractivity contribution in [3.8, 4) is 0 Å². The van der Waals surface area contributed by atoms with Gasteiger partial charge in [0.25, 0.3) is 5.69 Å². The van der Waals surface area contributed by atoms with E-state index in [2.05, 4.69) is 0 Å². The highest BCUT2D eigenvalue weighted by Crippen LogP contribution is 2.12. The van der Waals surface area contributed by atoms with E-state index in [0.717, 1.165) is 6.08 Å². The predicted molar refractivity (Wildman–Crippen MR) is 62.5 cm³/mol. The van der Waals surface area contributed by atoms with Crippen molar-refractivity contribution in [1.82, 2.24) is 0 Å². The fourth-order valence-electron chi connectivity index (χ4n) is 0.875. The molecule has 1 rings (SSSR count). The number of nitro groups is 1. The van der Waals surface area contributed by atoms with Crippen LogP contribution in [-0.4, -0.2) is 27.7 Å². The van der Waals surface area contributed by atoms with Crippen molar-refractivity contribution in [2.45, 2.75) is 6.92 Å². The van der Waals surface area contributed by atoms with Gasteiger partial charge in [0.2, 0.25) is 0 Å². The predicted octanol–water partition coefficient (Wildman–Crippen LogP) is 1.69. The summed E-state index contributed by atoms with van der Waals surface area (Å²) in [7, 11) is 0. The highest BCUT2D eigenvalue weighted by Gasteiger charge is 2.02. The maximum Gasteiger partial charge on any atom is 0.328 e. The number of aliphatic hydroxyl groups is 1. The summed E-state index contributed by atoms with van der Waals surface area (Å²) in [4.78, 5) is 19.9. The van der Waals surface area contributed by atoms with Gasteiger partial charge >= 0.3 is 5.97 Å². The minimum atomic E-state index is -1.05. The Bertz CT molecular complexity index is 397. The topological polar surface area (TPSA) is 101 Å². The van der Waals surface area contributed by atoms with Crippen LogP contribution in [0, 0.1) is 10.1 Å². The first-order chi connectivity index (χ1) is 8.01. The molecule has 0 aromatic heterocycles. The van der Waals surface area contributed by atoms with Crippen LogP contribution in [0.4, 0.5) is 5.69 Å². The van der Waals surface area contributed by atoms with Crippen LogP contribution in [0.15, 0.2) is 30.3 Å². The summed E-state index contributed by atoms with van der Waals surface area (Å²) in [5.74, 6) is -1.05. The van der Waals surface area contributed by atoms with Crippen molar-refractivity contribution in [2.24, 2.45) is 0 Å². The number of hydrogen-bond acceptors (Lipinski definition) is 4. The van der Waals surface area contributed by atoms with E-state index in [1.807, 2.05) is 0 Å². The molecule has 0 aliphatic carbocycles. The Balaban J connectivity index is 0.000000770. The Morgan fingerprint density at radius 2 is 1.88 bits per heavy atom. The second kappa shape index (κ2) is 8.00. The van der Waals surface area contributed by atoms with Gasteiger partial charge in [-0.3, -0.25) is 10.1 Å². The van der Waals surface area contributed by atoms with Crippen LogP contribution >= 0.6 is 0 Å². The maximum absolute atomic E-state index is 10.3. The van der Waals surface area contributed by atoms with E-state index in [-0.39, 0.29) is 12.3 Å². The number of aliphatic carboxylic acids is 1. The van der Waals surface area contributed by atoms with Crippen LogP contribution in [-0.2, 0) is 4.79 Å². The fourth-order valence-corrected chi connectivity index (χ4v) is 0.875. The van der Waals surface area contributed by atoms with Crippen LogP contribution in [0.3, 0.4) is 0 Å². The molecule has 92 valence electrons. The van der Waals surface area contributed by atoms with E-state index >= 15 is 0 Å². The zero-order chi connectivity index (χ0) is 13.3. The Morgan fingerprint density at radius 1 is 1.41 bits per heavy atom. The van der Waals surface area contributed by atoms with Crippen molar-refractivity contribution < 1.29 is 19.9 Å². The van der Waals surface area contributed by atoms with Crippen molar-refractivity contribution >= 4 is 17.7 Å². The SMILES string of the molecule is CCO.O=C(O)C=Cc1ccc([N+](=O)[O-])cc1. The van der Waals surface area contributed by atoms with E-state index < -0.39 is 10.9 Å². The number of non-ortho nitro benzene ring substituents is 1. The molecular formula is C11H13NO5. The summed E-state index contributed by atoms with van der Waals surface area (Å²) in [5, 5.41) is 26.2. The zero-order valence-electron chi connectivity index (χ0n) is 9.24. The third-order valence-corrected chi connectivity index (χ3v) is 1.52. The normalized spacial score (nSPS) is 9.53. The molecule has 0 heterocycles. The average Bonchev–Trinajstić information content (AvgIpc) is 2.28. The van der Waals surface area contributed by atoms with Gasteiger partial charge in [0.15, 0.2) is 0 Å². The molecule has 2 N–H and O–H groups in total. The summed E-state index contributed by atoms with van der Waals surface area (Å²) in [6.07, 6.45) is 2.34. The molecule has 0 unspecified atom stereocenters. The van der Waals surface area contributed by atoms with Gasteiger partial charge in [0.1, 0.15) is 0 Å². The molecule has 0 aliphatic rings. The lowest BCUT2D eigenvalue weighted by atomic mass is 10.2. The molecule has 0 radical (unpaired) electrons. The lowest BCUT2D eigenvalue weighted by Crippen LogP contribution is -1.88. The first-order valence-electron chi connectivity index (χ1n) is 4.77. The standard InChI is InChI=1S/C9H7NO4.C2H6O/c11-9(12)6-3-7-1-4-8(5-2-7)10(13)14;1-2-3/h1-6H,(H,11,12);3H,2H2,1H3. The second-order valence-corrected chi connectivity index (χ2v) is 2.84. The highest BCUT2D eigenvalue weighted by molar-refractivity contribution is 5.85. The van der Waals surface area contributed by atoms with E-state index in [0.29, 0.717) is 5.56 Å². The van der Waals surface area contributed by atoms with Crippen molar-refractivity contribution in [2.75, 3.05) is 6.61 Å². The smallest absolute Gasteiger partial charge is 0.328 e. The summed E-state index contributed by atoms with van der Waals surface area (Å²) >= 11 is 0. The van der Waals surface area contributed by atoms with Crippen molar-refractivity contribution in [1.29, 1.82) is 0 Å². The number of aliphatic hydroxyl groups excluding tert-OH is 1. The van der Waals surface area contributed by atoms with Gasteiger partial charge in [0.05, 0.1) is 4.92 Å². The van der Waals surface area contributed by atoms with Gasteiger partial charge in [-0.1, -0.05) is 0 Å². The highest BCUT2D eigenvalue weighted by atomic mass is 16.6. The first kappa shape index (κ1) is 14.8. The number of carboxylic acid groups (broad SMARTS) is 1. The lowest BCUT2D eigenvalue weighted by molar-refractivity contribution is -0.384. The quantitative estimate of drug-likeness (QED) is 0.475. The molecule has 6 heteroatoms. The number of nitro benzene ring substituents is 1. The van der Waals surface area contributed by atoms with Crippen molar-refractivity contribution in [3.63, 3.8) is 0 Å². The van der Waals surface area contributed by atoms with Gasteiger partial charge in [-0.05, 0) is 30.7 Å². The van der Waals surface area contributed by atoms with Crippen molar-refractivity contribution in [3.05, 3.63) is 46.0 Å². The van der Waals surface area contributed by atoms with Crippen LogP contribution in [0.5, 0.6) is 0 Å². The van der Waals surface area contributed by atoms with Gasteiger partial charge in [-0.15, -0.1) is 0 Å². The van der Waals surface area contributed by atoms with Gasteiger partial charge in [0, 0.05) is 24.8 Å². The average molecular weight is 239 g/mol. The van der Waals surface area contributed by atoms with Gasteiger partial charge in [-0.2, -0.15) is 0 Å². The third kappa shape index (κ3) is 6.80. The van der Waals surface area contributed by atoms with Crippen LogP contribution in [0.25, 0.3) is 6.08 Å². The molecule has 0 atom stereocenters. The second-order valence-electron chi connectivity index (χ2n) is 2.84. The monoisotopic (exact) mass is 239 g/mol. The van der Waals surface area contributed by atoms with Gasteiger partial charge < -0.3 is 10.2 Å². The largest absolute Gasteiger partial charge is 0.478 e. The molecule has 0 spiro atoms. The van der Waals surface area contributed by atoms with Gasteiger partial charge in [-0.25, -0.2) is 4.79 Å². The number of hydrogen-bond donors (Lipinski definition) is 2. The molecule has 0 saturated heterocycles. The molecule has 1 aromatic rings. The summed E-state index contributed by atoms with van der Waals surface area (Å²) in [5.41, 5.74) is 0.593. The number of carbonyl (C=O) groups is 1. The Labute approximate surface area is 98.0 Å². The van der Waals surface area contributed by atoms with Crippen LogP contribution in [0.2, 0.25) is 0 Å². The van der Waals surface area contributed by atoms with Crippen LogP contribution in [0.1, 0.15) is 12.5 Å². The Kier molecular flexibility index (Phi) is 6.96. The van der Waals surface area contributed by atoms with Crippen LogP contribution < -0.4 is 0 Å².